The molecule has 6 heteroatoms. The molecule has 0 saturated heterocycles. The van der Waals surface area contributed by atoms with Gasteiger partial charge in [-0.15, -0.1) is 22.7 Å². The fraction of sp³-hybridized carbons (Fsp3) is 0. The molecule has 0 atom stereocenters. The van der Waals surface area contributed by atoms with Gasteiger partial charge in [0, 0.05) is 73.9 Å². The average Bonchev–Trinajstić information content (AvgIpc) is 1.31. The maximum Gasteiger partial charge on any atom is 0.137 e. The van der Waals surface area contributed by atoms with Gasteiger partial charge in [-0.3, -0.25) is 0 Å². The summed E-state index contributed by atoms with van der Waals surface area (Å²) >= 11 is 3.74. The van der Waals surface area contributed by atoms with E-state index in [9.17, 15) is 0 Å². The van der Waals surface area contributed by atoms with Crippen LogP contribution >= 0.6 is 22.7 Å². The Labute approximate surface area is 537 Å². The van der Waals surface area contributed by atoms with Crippen LogP contribution in [0.25, 0.3) is 150 Å². The predicted octanol–water partition coefficient (Wildman–Crippen LogP) is 26.1. The van der Waals surface area contributed by atoms with Crippen LogP contribution < -0.4 is 9.80 Å². The SMILES string of the molecule is c1ccc(N(c2ccc(-c3cccc4c3sc3ccc(-c5ccc6c(-c7ccc(N(c8cccc(-c9cccc%10c9sc9ccccc9%10)c8)c8cccc9oc%10ccccc%10c89)cc7)cc7ccccc7c6c5)cc34)cc2)c2cccc3oc4ccccc4c23)cc1. The minimum absolute atomic E-state index is 0.858. The normalized spacial score (nSPS) is 11.9. The van der Waals surface area contributed by atoms with Crippen molar-refractivity contribution >= 4 is 163 Å². The first kappa shape index (κ1) is 52.4. The summed E-state index contributed by atoms with van der Waals surface area (Å²) in [6.07, 6.45) is 0. The van der Waals surface area contributed by atoms with Crippen molar-refractivity contribution in [1.82, 2.24) is 0 Å². The van der Waals surface area contributed by atoms with Gasteiger partial charge >= 0.3 is 0 Å². The highest BCUT2D eigenvalue weighted by molar-refractivity contribution is 7.26. The van der Waals surface area contributed by atoms with Crippen LogP contribution in [0.2, 0.25) is 0 Å². The second-order valence-corrected chi connectivity index (χ2v) is 25.9. The van der Waals surface area contributed by atoms with Gasteiger partial charge < -0.3 is 18.6 Å². The van der Waals surface area contributed by atoms with Crippen molar-refractivity contribution in [3.63, 3.8) is 0 Å². The molecule has 0 fully saturated rings. The highest BCUT2D eigenvalue weighted by Gasteiger charge is 2.24. The van der Waals surface area contributed by atoms with E-state index in [-0.39, 0.29) is 0 Å². The summed E-state index contributed by atoms with van der Waals surface area (Å²) in [6, 6.07) is 115. The molecular formula is C86H52N2O2S2. The molecule has 0 saturated carbocycles. The van der Waals surface area contributed by atoms with Crippen LogP contribution in [0.3, 0.4) is 0 Å². The van der Waals surface area contributed by atoms with Crippen molar-refractivity contribution in [3.8, 4) is 44.5 Å². The molecule has 15 aromatic carbocycles. The van der Waals surface area contributed by atoms with E-state index in [4.69, 9.17) is 8.83 Å². The van der Waals surface area contributed by atoms with E-state index in [0.717, 1.165) is 83.6 Å². The number of hydrogen-bond acceptors (Lipinski definition) is 6. The fourth-order valence-electron chi connectivity index (χ4n) is 14.4. The second kappa shape index (κ2) is 21.0. The third-order valence-corrected chi connectivity index (χ3v) is 21.1. The van der Waals surface area contributed by atoms with Gasteiger partial charge in [0.2, 0.25) is 0 Å². The van der Waals surface area contributed by atoms with E-state index in [1.54, 1.807) is 0 Å². The topological polar surface area (TPSA) is 32.8 Å². The molecule has 0 radical (unpaired) electrons. The molecule has 0 N–H and O–H groups in total. The first-order valence-corrected chi connectivity index (χ1v) is 32.8. The lowest BCUT2D eigenvalue weighted by Gasteiger charge is -2.27. The van der Waals surface area contributed by atoms with Gasteiger partial charge in [0.1, 0.15) is 22.3 Å². The highest BCUT2D eigenvalue weighted by atomic mass is 32.1. The Hall–Kier alpha value is -11.5. The van der Waals surface area contributed by atoms with E-state index in [1.165, 1.54) is 101 Å². The third-order valence-electron chi connectivity index (χ3n) is 18.6. The average molecular weight is 1210 g/mol. The molecule has 19 rings (SSSR count). The van der Waals surface area contributed by atoms with E-state index in [1.807, 2.05) is 40.9 Å². The number of para-hydroxylation sites is 3. The van der Waals surface area contributed by atoms with Gasteiger partial charge in [0.15, 0.2) is 0 Å². The zero-order valence-corrected chi connectivity index (χ0v) is 51.2. The standard InChI is InChI=1S/C86H52N2O2S2/c1-2-19-59(20-3-1)87(75-30-15-34-79-83(75)70-24-6-9-32-77(70)89-79)60-43-37-53(38-44-60)64-26-13-29-69-74-51-56(42-48-82(74)92-85(64)69)55-41-47-66-72(52-58-17-4-5-22-63(58)73(66)50-55)54-39-45-61(46-40-54)88(76-31-16-35-80-84(76)71-25-7-10-33-78(71)90-80)62-21-12-18-57(49-62)65-27-14-28-68-67-23-8-11-36-81(67)91-86(65)68/h1-52H. The van der Waals surface area contributed by atoms with E-state index >= 15 is 0 Å². The maximum atomic E-state index is 6.54. The molecule has 0 spiro atoms. The van der Waals surface area contributed by atoms with Crippen molar-refractivity contribution in [1.29, 1.82) is 0 Å². The molecule has 4 aromatic heterocycles. The van der Waals surface area contributed by atoms with Crippen LogP contribution in [0.5, 0.6) is 0 Å². The lowest BCUT2D eigenvalue weighted by atomic mass is 9.91. The number of furan rings is 2. The largest absolute Gasteiger partial charge is 0.456 e. The number of benzene rings is 15. The van der Waals surface area contributed by atoms with Crippen molar-refractivity contribution in [2.24, 2.45) is 0 Å². The van der Waals surface area contributed by atoms with E-state index < -0.39 is 0 Å². The fourth-order valence-corrected chi connectivity index (χ4v) is 16.9. The molecule has 92 heavy (non-hydrogen) atoms. The number of thiophene rings is 2. The molecule has 0 aliphatic carbocycles. The first-order valence-electron chi connectivity index (χ1n) is 31.2. The molecule has 430 valence electrons. The number of fused-ring (bicyclic) bond motifs is 15. The van der Waals surface area contributed by atoms with Gasteiger partial charge in [-0.2, -0.15) is 0 Å². The van der Waals surface area contributed by atoms with Crippen LogP contribution in [-0.2, 0) is 0 Å². The summed E-state index contributed by atoms with van der Waals surface area (Å²) in [5, 5.41) is 14.4. The maximum absolute atomic E-state index is 6.54. The predicted molar refractivity (Wildman–Crippen MR) is 393 cm³/mol. The zero-order valence-electron chi connectivity index (χ0n) is 49.5. The third kappa shape index (κ3) is 8.42. The highest BCUT2D eigenvalue weighted by Crippen LogP contribution is 2.49. The number of hydrogen-bond donors (Lipinski definition) is 0. The monoisotopic (exact) mass is 1210 g/mol. The second-order valence-electron chi connectivity index (χ2n) is 23.8. The molecule has 4 nitrogen and oxygen atoms in total. The van der Waals surface area contributed by atoms with Gasteiger partial charge in [-0.05, 0) is 181 Å². The molecule has 0 aliphatic rings. The Morgan fingerprint density at radius 3 is 1.36 bits per heavy atom. The first-order chi connectivity index (χ1) is 45.6. The molecule has 0 aliphatic heterocycles. The molecule has 4 heterocycles. The zero-order chi connectivity index (χ0) is 60.4. The van der Waals surface area contributed by atoms with Crippen LogP contribution in [0.1, 0.15) is 0 Å². The molecular weight excluding hydrogens is 1160 g/mol. The molecule has 0 bridgehead atoms. The Morgan fingerprint density at radius 1 is 0.228 bits per heavy atom. The molecule has 0 unspecified atom stereocenters. The van der Waals surface area contributed by atoms with Crippen LogP contribution in [0.4, 0.5) is 34.1 Å². The number of nitrogens with zero attached hydrogens (tertiary/aromatic N) is 2. The van der Waals surface area contributed by atoms with Crippen LogP contribution in [0.15, 0.2) is 324 Å². The molecule has 0 amide bonds. The minimum atomic E-state index is 0.858. The summed E-state index contributed by atoms with van der Waals surface area (Å²) in [4.78, 5) is 4.75. The minimum Gasteiger partial charge on any atom is -0.456 e. The van der Waals surface area contributed by atoms with Crippen LogP contribution in [-0.4, -0.2) is 0 Å². The smallest absolute Gasteiger partial charge is 0.137 e. The Morgan fingerprint density at radius 2 is 0.685 bits per heavy atom. The summed E-state index contributed by atoms with van der Waals surface area (Å²) in [5.74, 6) is 0. The van der Waals surface area contributed by atoms with Crippen molar-refractivity contribution in [3.05, 3.63) is 315 Å². The summed E-state index contributed by atoms with van der Waals surface area (Å²) < 4.78 is 18.1. The van der Waals surface area contributed by atoms with Gasteiger partial charge in [-0.1, -0.05) is 200 Å². The van der Waals surface area contributed by atoms with Crippen molar-refractivity contribution < 1.29 is 8.83 Å². The van der Waals surface area contributed by atoms with Crippen molar-refractivity contribution in [2.45, 2.75) is 0 Å². The van der Waals surface area contributed by atoms with E-state index in [2.05, 4.69) is 307 Å². The number of rotatable bonds is 10. The lowest BCUT2D eigenvalue weighted by molar-refractivity contribution is 0.668. The van der Waals surface area contributed by atoms with Gasteiger partial charge in [-0.25, -0.2) is 0 Å². The Bertz CT molecular complexity index is 6150. The number of anilines is 6. The van der Waals surface area contributed by atoms with Crippen molar-refractivity contribution in [2.75, 3.05) is 9.80 Å². The van der Waals surface area contributed by atoms with Gasteiger partial charge in [0.25, 0.3) is 0 Å². The Balaban J connectivity index is 0.683. The van der Waals surface area contributed by atoms with E-state index in [0.29, 0.717) is 0 Å². The summed E-state index contributed by atoms with van der Waals surface area (Å²) in [7, 11) is 0. The molecule has 19 aromatic rings. The van der Waals surface area contributed by atoms with Crippen LogP contribution in [0, 0.1) is 0 Å². The summed E-state index contributed by atoms with van der Waals surface area (Å²) in [6.45, 7) is 0. The quantitative estimate of drug-likeness (QED) is 0.128. The van der Waals surface area contributed by atoms with Gasteiger partial charge in [0.05, 0.1) is 22.1 Å². The Kier molecular flexibility index (Phi) is 12.0. The lowest BCUT2D eigenvalue weighted by Crippen LogP contribution is -2.10. The summed E-state index contributed by atoms with van der Waals surface area (Å²) in [5.41, 5.74) is 19.4.